The van der Waals surface area contributed by atoms with Crippen molar-refractivity contribution in [3.05, 3.63) is 173 Å². The Bertz CT molecular complexity index is 2590. The van der Waals surface area contributed by atoms with Crippen LogP contribution in [-0.2, 0) is 6.54 Å². The van der Waals surface area contributed by atoms with Crippen LogP contribution in [0.5, 0.6) is 0 Å². The van der Waals surface area contributed by atoms with Crippen LogP contribution < -0.4 is 16.0 Å². The van der Waals surface area contributed by atoms with Crippen LogP contribution in [0.25, 0.3) is 49.3 Å². The molecule has 2 aliphatic rings. The lowest BCUT2D eigenvalue weighted by molar-refractivity contribution is 0.411. The Morgan fingerprint density at radius 2 is 1.29 bits per heavy atom. The maximum Gasteiger partial charge on any atom is 0.136 e. The number of para-hydroxylation sites is 2. The fourth-order valence-electron chi connectivity index (χ4n) is 7.49. The van der Waals surface area contributed by atoms with Crippen molar-refractivity contribution in [2.45, 2.75) is 18.9 Å². The van der Waals surface area contributed by atoms with Crippen molar-refractivity contribution in [1.29, 1.82) is 0 Å². The highest BCUT2D eigenvalue weighted by Crippen LogP contribution is 2.41. The van der Waals surface area contributed by atoms with E-state index in [0.717, 1.165) is 77.9 Å². The highest BCUT2D eigenvalue weighted by atomic mass is 16.3. The molecule has 6 aromatic carbocycles. The minimum absolute atomic E-state index is 0.223. The largest absolute Gasteiger partial charge is 0.459 e. The Morgan fingerprint density at radius 3 is 2.15 bits per heavy atom. The molecule has 48 heavy (non-hydrogen) atoms. The number of nitrogens with zero attached hydrogens (tertiary/aromatic N) is 1. The molecule has 8 aromatic rings. The summed E-state index contributed by atoms with van der Waals surface area (Å²) >= 11 is 0. The van der Waals surface area contributed by atoms with Crippen LogP contribution in [0.3, 0.4) is 0 Å². The standard InChI is InChI=1S/C42H30N4O2/c1-2-11-25(12-3-1)40-44-41(46-42(45-40)32-17-10-20-36-38(32)30-15-6-8-18-34(30)47-36)29-22-21-28(26-13-4-5-14-27(26)29)33-23-43-24-37-39(33)31-16-7-9-19-35(31)48-37/h1-23,40-41,43-44H,24H2,(H,45,46). The zero-order valence-electron chi connectivity index (χ0n) is 25.9. The summed E-state index contributed by atoms with van der Waals surface area (Å²) in [6.45, 7) is 0.668. The molecule has 0 bridgehead atoms. The van der Waals surface area contributed by atoms with Crippen LogP contribution in [0.2, 0.25) is 0 Å². The van der Waals surface area contributed by atoms with Gasteiger partial charge in [0.25, 0.3) is 0 Å². The molecule has 2 unspecified atom stereocenters. The van der Waals surface area contributed by atoms with Gasteiger partial charge in [0, 0.05) is 39.1 Å². The molecule has 3 N–H and O–H groups in total. The average molecular weight is 623 g/mol. The zero-order chi connectivity index (χ0) is 31.6. The first-order valence-corrected chi connectivity index (χ1v) is 16.3. The number of hydrogen-bond acceptors (Lipinski definition) is 6. The minimum Gasteiger partial charge on any atom is -0.459 e. The van der Waals surface area contributed by atoms with E-state index in [4.69, 9.17) is 13.8 Å². The molecule has 10 rings (SSSR count). The summed E-state index contributed by atoms with van der Waals surface area (Å²) in [6, 6.07) is 46.3. The maximum absolute atomic E-state index is 6.29. The molecule has 2 aromatic heterocycles. The molecule has 2 aliphatic heterocycles. The van der Waals surface area contributed by atoms with Crippen molar-refractivity contribution in [1.82, 2.24) is 16.0 Å². The first kappa shape index (κ1) is 27.0. The number of rotatable bonds is 4. The van der Waals surface area contributed by atoms with Gasteiger partial charge in [0.2, 0.25) is 0 Å². The second-order valence-corrected chi connectivity index (χ2v) is 12.4. The number of hydrogen-bond donors (Lipinski definition) is 3. The quantitative estimate of drug-likeness (QED) is 0.182. The normalized spacial score (nSPS) is 17.6. The van der Waals surface area contributed by atoms with Crippen LogP contribution in [0.4, 0.5) is 0 Å². The van der Waals surface area contributed by atoms with E-state index in [1.807, 2.05) is 42.5 Å². The Balaban J connectivity index is 1.13. The molecule has 2 atom stereocenters. The molecule has 0 spiro atoms. The van der Waals surface area contributed by atoms with Crippen molar-refractivity contribution >= 4 is 55.1 Å². The van der Waals surface area contributed by atoms with E-state index < -0.39 is 0 Å². The Kier molecular flexibility index (Phi) is 6.04. The van der Waals surface area contributed by atoms with E-state index in [2.05, 4.69) is 113 Å². The van der Waals surface area contributed by atoms with Gasteiger partial charge in [-0.2, -0.15) is 0 Å². The molecular formula is C42H30N4O2. The highest BCUT2D eigenvalue weighted by Gasteiger charge is 2.29. The lowest BCUT2D eigenvalue weighted by Gasteiger charge is -2.33. The average Bonchev–Trinajstić information content (AvgIpc) is 3.73. The number of amidine groups is 1. The van der Waals surface area contributed by atoms with Crippen LogP contribution >= 0.6 is 0 Å². The van der Waals surface area contributed by atoms with Crippen molar-refractivity contribution in [3.8, 4) is 0 Å². The lowest BCUT2D eigenvalue weighted by Crippen LogP contribution is -2.45. The Hall–Kier alpha value is -6.11. The highest BCUT2D eigenvalue weighted by molar-refractivity contribution is 6.18. The van der Waals surface area contributed by atoms with Crippen molar-refractivity contribution in [2.24, 2.45) is 4.99 Å². The minimum atomic E-state index is -0.260. The summed E-state index contributed by atoms with van der Waals surface area (Å²) in [5.41, 5.74) is 9.35. The van der Waals surface area contributed by atoms with E-state index in [-0.39, 0.29) is 12.3 Å². The predicted molar refractivity (Wildman–Crippen MR) is 193 cm³/mol. The van der Waals surface area contributed by atoms with E-state index in [0.29, 0.717) is 6.54 Å². The second kappa shape index (κ2) is 10.7. The number of benzene rings is 6. The first-order valence-electron chi connectivity index (χ1n) is 16.3. The monoisotopic (exact) mass is 622 g/mol. The van der Waals surface area contributed by atoms with Crippen LogP contribution in [0, 0.1) is 0 Å². The molecule has 0 aliphatic carbocycles. The van der Waals surface area contributed by atoms with Gasteiger partial charge in [0.15, 0.2) is 0 Å². The number of furan rings is 2. The summed E-state index contributed by atoms with van der Waals surface area (Å²) in [4.78, 5) is 5.28. The van der Waals surface area contributed by atoms with Gasteiger partial charge >= 0.3 is 0 Å². The third-order valence-electron chi connectivity index (χ3n) is 9.64. The molecule has 0 saturated carbocycles. The first-order chi connectivity index (χ1) is 23.8. The molecule has 4 heterocycles. The number of fused-ring (bicyclic) bond motifs is 7. The maximum atomic E-state index is 6.29. The van der Waals surface area contributed by atoms with Crippen molar-refractivity contribution in [2.75, 3.05) is 0 Å². The van der Waals surface area contributed by atoms with Gasteiger partial charge in [-0.05, 0) is 45.7 Å². The Labute approximate surface area is 276 Å². The fraction of sp³-hybridized carbons (Fsp3) is 0.0714. The Morgan fingerprint density at radius 1 is 0.583 bits per heavy atom. The van der Waals surface area contributed by atoms with Crippen molar-refractivity contribution in [3.63, 3.8) is 0 Å². The van der Waals surface area contributed by atoms with Gasteiger partial charge in [0.1, 0.15) is 40.7 Å². The van der Waals surface area contributed by atoms with E-state index >= 15 is 0 Å². The zero-order valence-corrected chi connectivity index (χ0v) is 25.9. The second-order valence-electron chi connectivity index (χ2n) is 12.4. The molecular weight excluding hydrogens is 592 g/mol. The summed E-state index contributed by atoms with van der Waals surface area (Å²) in [5, 5.41) is 16.7. The van der Waals surface area contributed by atoms with Gasteiger partial charge in [-0.3, -0.25) is 5.32 Å². The summed E-state index contributed by atoms with van der Waals surface area (Å²) in [7, 11) is 0. The SMILES string of the molecule is C1=C(c2ccc(C3NC(c4cccc5oc6ccccc6c45)=NC(c4ccccc4)N3)c3ccccc23)c2c(oc3ccccc23)CN1. The van der Waals surface area contributed by atoms with Crippen molar-refractivity contribution < 1.29 is 8.83 Å². The molecule has 0 amide bonds. The van der Waals surface area contributed by atoms with Gasteiger partial charge in [-0.15, -0.1) is 0 Å². The van der Waals surface area contributed by atoms with Crippen LogP contribution in [-0.4, -0.2) is 5.84 Å². The molecule has 230 valence electrons. The topological polar surface area (TPSA) is 74.7 Å². The van der Waals surface area contributed by atoms with Crippen LogP contribution in [0.15, 0.2) is 153 Å². The lowest BCUT2D eigenvalue weighted by atomic mass is 9.88. The van der Waals surface area contributed by atoms with Gasteiger partial charge < -0.3 is 19.5 Å². The third-order valence-corrected chi connectivity index (χ3v) is 9.64. The molecule has 0 fully saturated rings. The smallest absolute Gasteiger partial charge is 0.136 e. The van der Waals surface area contributed by atoms with Gasteiger partial charge in [-0.1, -0.05) is 115 Å². The van der Waals surface area contributed by atoms with Gasteiger partial charge in [-0.25, -0.2) is 4.99 Å². The number of aliphatic imine (C=N–C) groups is 1. The van der Waals surface area contributed by atoms with Gasteiger partial charge in [0.05, 0.1) is 6.54 Å². The fourth-order valence-corrected chi connectivity index (χ4v) is 7.49. The number of nitrogens with one attached hydrogen (secondary N) is 3. The molecule has 6 nitrogen and oxygen atoms in total. The summed E-state index contributed by atoms with van der Waals surface area (Å²) < 4.78 is 12.6. The van der Waals surface area contributed by atoms with E-state index in [9.17, 15) is 0 Å². The molecule has 6 heteroatoms. The van der Waals surface area contributed by atoms with Crippen LogP contribution in [0.1, 0.15) is 45.9 Å². The van der Waals surface area contributed by atoms with E-state index in [1.54, 1.807) is 0 Å². The predicted octanol–water partition coefficient (Wildman–Crippen LogP) is 9.31. The molecule has 0 radical (unpaired) electrons. The third kappa shape index (κ3) is 4.20. The molecule has 0 saturated heterocycles. The summed E-state index contributed by atoms with van der Waals surface area (Å²) in [6.07, 6.45) is 1.65. The van der Waals surface area contributed by atoms with E-state index in [1.165, 1.54) is 10.8 Å². The summed E-state index contributed by atoms with van der Waals surface area (Å²) in [5.74, 6) is 1.79.